The van der Waals surface area contributed by atoms with Crippen molar-refractivity contribution in [2.75, 3.05) is 34.4 Å². The van der Waals surface area contributed by atoms with Crippen LogP contribution in [0.2, 0.25) is 0 Å². The Morgan fingerprint density at radius 3 is 2.65 bits per heavy atom. The Balaban J connectivity index is 2.30. The summed E-state index contributed by atoms with van der Waals surface area (Å²) in [5.74, 6) is 0.197. The van der Waals surface area contributed by atoms with Gasteiger partial charge < -0.3 is 24.5 Å². The molecule has 6 nitrogen and oxygen atoms in total. The summed E-state index contributed by atoms with van der Waals surface area (Å²) in [4.78, 5) is 15.8. The van der Waals surface area contributed by atoms with E-state index in [1.807, 2.05) is 19.0 Å². The largest absolute Gasteiger partial charge is 0.493 e. The second-order valence-corrected chi connectivity index (χ2v) is 4.73. The van der Waals surface area contributed by atoms with Crippen LogP contribution in [0.5, 0.6) is 11.5 Å². The fourth-order valence-electron chi connectivity index (χ4n) is 1.87. The minimum Gasteiger partial charge on any atom is -0.493 e. The molecule has 2 N–H and O–H groups in total. The van der Waals surface area contributed by atoms with E-state index >= 15 is 0 Å². The average molecular weight is 278 g/mol. The number of aromatic amines is 1. The third-order valence-corrected chi connectivity index (χ3v) is 2.93. The normalized spacial score (nSPS) is 11.0. The van der Waals surface area contributed by atoms with Crippen molar-refractivity contribution >= 4 is 16.9 Å². The highest BCUT2D eigenvalue weighted by Gasteiger charge is 2.12. The van der Waals surface area contributed by atoms with Crippen molar-refractivity contribution < 1.29 is 19.4 Å². The quantitative estimate of drug-likeness (QED) is 0.843. The van der Waals surface area contributed by atoms with Crippen LogP contribution in [-0.2, 0) is 0 Å². The van der Waals surface area contributed by atoms with Crippen molar-refractivity contribution in [1.29, 1.82) is 0 Å². The summed E-state index contributed by atoms with van der Waals surface area (Å²) in [6.07, 6.45) is 0. The molecule has 1 heterocycles. The minimum atomic E-state index is -0.991. The Bertz CT molecular complexity index is 619. The number of ether oxygens (including phenoxy) is 2. The Kier molecular flexibility index (Phi) is 4.14. The van der Waals surface area contributed by atoms with Gasteiger partial charge in [-0.15, -0.1) is 0 Å². The Morgan fingerprint density at radius 2 is 2.05 bits per heavy atom. The van der Waals surface area contributed by atoms with Gasteiger partial charge in [-0.1, -0.05) is 0 Å². The van der Waals surface area contributed by atoms with E-state index in [-0.39, 0.29) is 5.69 Å². The number of benzene rings is 1. The van der Waals surface area contributed by atoms with E-state index in [0.29, 0.717) is 23.6 Å². The molecular formula is C14H18N2O4. The molecule has 0 unspecified atom stereocenters. The number of fused-ring (bicyclic) bond motifs is 1. The number of methoxy groups -OCH3 is 1. The third kappa shape index (κ3) is 3.03. The number of carboxylic acid groups (broad SMARTS) is 1. The SMILES string of the molecule is COc1cc2[nH]c(C(=O)O)cc2cc1OCCN(C)C. The Hall–Kier alpha value is -2.21. The molecule has 0 bridgehead atoms. The van der Waals surface area contributed by atoms with Gasteiger partial charge in [-0.3, -0.25) is 0 Å². The molecule has 0 atom stereocenters. The van der Waals surface area contributed by atoms with Crippen LogP contribution in [0.4, 0.5) is 0 Å². The Labute approximate surface area is 116 Å². The number of nitrogens with zero attached hydrogens (tertiary/aromatic N) is 1. The van der Waals surface area contributed by atoms with E-state index in [0.717, 1.165) is 11.9 Å². The Morgan fingerprint density at radius 1 is 1.30 bits per heavy atom. The van der Waals surface area contributed by atoms with Gasteiger partial charge in [0.2, 0.25) is 0 Å². The maximum Gasteiger partial charge on any atom is 0.352 e. The van der Waals surface area contributed by atoms with Gasteiger partial charge >= 0.3 is 5.97 Å². The van der Waals surface area contributed by atoms with E-state index in [1.165, 1.54) is 0 Å². The van der Waals surface area contributed by atoms with Crippen LogP contribution in [0.25, 0.3) is 10.9 Å². The highest BCUT2D eigenvalue weighted by molar-refractivity contribution is 5.94. The van der Waals surface area contributed by atoms with Crippen molar-refractivity contribution in [2.24, 2.45) is 0 Å². The number of aromatic carboxylic acids is 1. The first kappa shape index (κ1) is 14.2. The monoisotopic (exact) mass is 278 g/mol. The summed E-state index contributed by atoms with van der Waals surface area (Å²) in [7, 11) is 5.49. The maximum absolute atomic E-state index is 11.0. The molecule has 0 aliphatic rings. The van der Waals surface area contributed by atoms with Crippen LogP contribution in [0.1, 0.15) is 10.5 Å². The van der Waals surface area contributed by atoms with E-state index < -0.39 is 5.97 Å². The zero-order chi connectivity index (χ0) is 14.7. The van der Waals surface area contributed by atoms with Gasteiger partial charge in [0.25, 0.3) is 0 Å². The molecule has 2 rings (SSSR count). The number of carboxylic acids is 1. The van der Waals surface area contributed by atoms with Gasteiger partial charge in [0.1, 0.15) is 12.3 Å². The van der Waals surface area contributed by atoms with Crippen molar-refractivity contribution in [3.8, 4) is 11.5 Å². The van der Waals surface area contributed by atoms with E-state index in [9.17, 15) is 4.79 Å². The molecule has 1 aromatic carbocycles. The number of nitrogens with one attached hydrogen (secondary N) is 1. The van der Waals surface area contributed by atoms with Crippen molar-refractivity contribution in [1.82, 2.24) is 9.88 Å². The number of hydrogen-bond acceptors (Lipinski definition) is 4. The number of H-pyrrole nitrogens is 1. The van der Waals surface area contributed by atoms with Crippen molar-refractivity contribution in [2.45, 2.75) is 0 Å². The van der Waals surface area contributed by atoms with Gasteiger partial charge in [-0.05, 0) is 26.2 Å². The zero-order valence-electron chi connectivity index (χ0n) is 11.8. The first-order chi connectivity index (χ1) is 9.51. The fraction of sp³-hybridized carbons (Fsp3) is 0.357. The molecule has 20 heavy (non-hydrogen) atoms. The lowest BCUT2D eigenvalue weighted by atomic mass is 10.2. The molecular weight excluding hydrogens is 260 g/mol. The molecule has 2 aromatic rings. The highest BCUT2D eigenvalue weighted by atomic mass is 16.5. The van der Waals surface area contributed by atoms with Crippen LogP contribution >= 0.6 is 0 Å². The van der Waals surface area contributed by atoms with Gasteiger partial charge in [0.05, 0.1) is 12.6 Å². The van der Waals surface area contributed by atoms with Crippen LogP contribution < -0.4 is 9.47 Å². The van der Waals surface area contributed by atoms with Gasteiger partial charge in [-0.25, -0.2) is 4.79 Å². The molecule has 0 aliphatic heterocycles. The summed E-state index contributed by atoms with van der Waals surface area (Å²) in [6, 6.07) is 5.11. The first-order valence-electron chi connectivity index (χ1n) is 6.23. The summed E-state index contributed by atoms with van der Waals surface area (Å²) < 4.78 is 11.0. The predicted molar refractivity (Wildman–Crippen MR) is 75.9 cm³/mol. The zero-order valence-corrected chi connectivity index (χ0v) is 11.8. The fourth-order valence-corrected chi connectivity index (χ4v) is 1.87. The summed E-state index contributed by atoms with van der Waals surface area (Å²) in [5, 5.41) is 9.77. The van der Waals surface area contributed by atoms with Crippen molar-refractivity contribution in [3.05, 3.63) is 23.9 Å². The van der Waals surface area contributed by atoms with Crippen LogP contribution in [0.15, 0.2) is 18.2 Å². The maximum atomic E-state index is 11.0. The summed E-state index contributed by atoms with van der Waals surface area (Å²) in [5.41, 5.74) is 0.853. The lowest BCUT2D eigenvalue weighted by Gasteiger charge is -2.13. The number of hydrogen-bond donors (Lipinski definition) is 2. The lowest BCUT2D eigenvalue weighted by molar-refractivity contribution is 0.0691. The second-order valence-electron chi connectivity index (χ2n) is 4.73. The van der Waals surface area contributed by atoms with Gasteiger partial charge in [0.15, 0.2) is 11.5 Å². The first-order valence-corrected chi connectivity index (χ1v) is 6.23. The number of carbonyl (C=O) groups is 1. The number of likely N-dealkylation sites (N-methyl/N-ethyl adjacent to an activating group) is 1. The lowest BCUT2D eigenvalue weighted by Crippen LogP contribution is -2.19. The number of rotatable bonds is 6. The third-order valence-electron chi connectivity index (χ3n) is 2.93. The molecule has 0 spiro atoms. The second kappa shape index (κ2) is 5.83. The molecule has 0 saturated carbocycles. The predicted octanol–water partition coefficient (Wildman–Crippen LogP) is 1.82. The topological polar surface area (TPSA) is 74.8 Å². The molecule has 0 amide bonds. The van der Waals surface area contributed by atoms with Gasteiger partial charge in [-0.2, -0.15) is 0 Å². The van der Waals surface area contributed by atoms with Gasteiger partial charge in [0, 0.05) is 18.0 Å². The molecule has 1 aromatic heterocycles. The molecule has 108 valence electrons. The smallest absolute Gasteiger partial charge is 0.352 e. The highest BCUT2D eigenvalue weighted by Crippen LogP contribution is 2.32. The van der Waals surface area contributed by atoms with Crippen LogP contribution in [0, 0.1) is 0 Å². The average Bonchev–Trinajstić information content (AvgIpc) is 2.80. The van der Waals surface area contributed by atoms with Crippen molar-refractivity contribution in [3.63, 3.8) is 0 Å². The van der Waals surface area contributed by atoms with E-state index in [1.54, 1.807) is 25.3 Å². The molecule has 0 saturated heterocycles. The van der Waals surface area contributed by atoms with E-state index in [2.05, 4.69) is 4.98 Å². The summed E-state index contributed by atoms with van der Waals surface area (Å²) >= 11 is 0. The standard InChI is InChI=1S/C14H18N2O4/c1-16(2)4-5-20-13-7-9-6-11(14(17)18)15-10(9)8-12(13)19-3/h6-8,15H,4-5H2,1-3H3,(H,17,18). The molecule has 0 aliphatic carbocycles. The minimum absolute atomic E-state index is 0.146. The molecule has 0 radical (unpaired) electrons. The van der Waals surface area contributed by atoms with E-state index in [4.69, 9.17) is 14.6 Å². The number of aromatic nitrogens is 1. The summed E-state index contributed by atoms with van der Waals surface area (Å²) in [6.45, 7) is 1.32. The van der Waals surface area contributed by atoms with Crippen LogP contribution in [0.3, 0.4) is 0 Å². The molecule has 0 fully saturated rings. The van der Waals surface area contributed by atoms with Crippen LogP contribution in [-0.4, -0.2) is 55.3 Å². The molecule has 6 heteroatoms.